The van der Waals surface area contributed by atoms with Gasteiger partial charge in [0.25, 0.3) is 0 Å². The van der Waals surface area contributed by atoms with Gasteiger partial charge in [0.15, 0.2) is 0 Å². The predicted octanol–water partition coefficient (Wildman–Crippen LogP) is 8.34. The zero-order valence-corrected chi connectivity index (χ0v) is 16.4. The van der Waals surface area contributed by atoms with E-state index < -0.39 is 0 Å². The average Bonchev–Trinajstić information content (AvgIpc) is 3.07. The molecule has 1 heteroatoms. The topological polar surface area (TPSA) is 0 Å². The highest BCUT2D eigenvalue weighted by molar-refractivity contribution is 7.26. The van der Waals surface area contributed by atoms with E-state index in [9.17, 15) is 0 Å². The number of hydrogen-bond acceptors (Lipinski definition) is 1. The second-order valence-electron chi connectivity index (χ2n) is 7.51. The highest BCUT2D eigenvalue weighted by Gasteiger charge is 2.15. The summed E-state index contributed by atoms with van der Waals surface area (Å²) in [5.41, 5.74) is 3.96. The normalized spacial score (nSPS) is 11.8. The highest BCUT2D eigenvalue weighted by Crippen LogP contribution is 2.45. The Morgan fingerprint density at radius 2 is 1.29 bits per heavy atom. The zero-order valence-electron chi connectivity index (χ0n) is 15.6. The maximum Gasteiger partial charge on any atom is 0.0368 e. The van der Waals surface area contributed by atoms with Gasteiger partial charge in [0.05, 0.1) is 0 Å². The maximum absolute atomic E-state index is 2.37. The fourth-order valence-electron chi connectivity index (χ4n) is 4.39. The van der Waals surface area contributed by atoms with Crippen LogP contribution in [0.2, 0.25) is 0 Å². The summed E-state index contributed by atoms with van der Waals surface area (Å²) in [6.45, 7) is 2.17. The molecular weight excluding hydrogens is 356 g/mol. The number of thiophene rings is 1. The van der Waals surface area contributed by atoms with E-state index >= 15 is 0 Å². The first kappa shape index (κ1) is 15.9. The fraction of sp³-hybridized carbons (Fsp3) is 0.0370. The van der Waals surface area contributed by atoms with Crippen molar-refractivity contribution < 1.29 is 0 Å². The first-order chi connectivity index (χ1) is 13.8. The zero-order chi connectivity index (χ0) is 18.7. The molecular formula is C27H18S. The molecule has 6 rings (SSSR count). The molecule has 0 atom stereocenters. The number of benzene rings is 5. The van der Waals surface area contributed by atoms with Crippen molar-refractivity contribution in [2.45, 2.75) is 6.92 Å². The van der Waals surface area contributed by atoms with Gasteiger partial charge in [-0.25, -0.2) is 0 Å². The summed E-state index contributed by atoms with van der Waals surface area (Å²) in [7, 11) is 0. The molecule has 132 valence electrons. The van der Waals surface area contributed by atoms with Gasteiger partial charge in [-0.15, -0.1) is 11.3 Å². The summed E-state index contributed by atoms with van der Waals surface area (Å²) in [5.74, 6) is 0. The van der Waals surface area contributed by atoms with E-state index in [1.165, 1.54) is 58.4 Å². The van der Waals surface area contributed by atoms with Crippen LogP contribution in [0.1, 0.15) is 5.56 Å². The minimum absolute atomic E-state index is 1.29. The van der Waals surface area contributed by atoms with E-state index in [1.54, 1.807) is 0 Å². The van der Waals surface area contributed by atoms with Crippen LogP contribution in [0.15, 0.2) is 91.0 Å². The van der Waals surface area contributed by atoms with Gasteiger partial charge in [-0.2, -0.15) is 0 Å². The van der Waals surface area contributed by atoms with Crippen molar-refractivity contribution in [3.63, 3.8) is 0 Å². The van der Waals surface area contributed by atoms with Gasteiger partial charge in [-0.3, -0.25) is 0 Å². The first-order valence-electron chi connectivity index (χ1n) is 9.62. The van der Waals surface area contributed by atoms with E-state index in [2.05, 4.69) is 97.9 Å². The van der Waals surface area contributed by atoms with Crippen LogP contribution in [0.5, 0.6) is 0 Å². The lowest BCUT2D eigenvalue weighted by molar-refractivity contribution is 1.48. The number of rotatable bonds is 1. The molecule has 0 fully saturated rings. The van der Waals surface area contributed by atoms with Gasteiger partial charge in [0.1, 0.15) is 0 Å². The number of hydrogen-bond donors (Lipinski definition) is 0. The molecule has 0 saturated carbocycles. The smallest absolute Gasteiger partial charge is 0.0368 e. The lowest BCUT2D eigenvalue weighted by atomic mass is 9.92. The minimum atomic E-state index is 1.29. The van der Waals surface area contributed by atoms with E-state index in [0.29, 0.717) is 0 Å². The third-order valence-corrected chi connectivity index (χ3v) is 6.76. The fourth-order valence-corrected chi connectivity index (χ4v) is 5.58. The van der Waals surface area contributed by atoms with Crippen molar-refractivity contribution in [1.82, 2.24) is 0 Å². The number of fused-ring (bicyclic) bond motifs is 5. The third-order valence-electron chi connectivity index (χ3n) is 5.66. The number of aryl methyl sites for hydroxylation is 1. The predicted molar refractivity (Wildman–Crippen MR) is 125 cm³/mol. The van der Waals surface area contributed by atoms with Crippen LogP contribution in [-0.2, 0) is 0 Å². The highest BCUT2D eigenvalue weighted by atomic mass is 32.1. The molecule has 5 aromatic carbocycles. The van der Waals surface area contributed by atoms with Crippen LogP contribution in [0.25, 0.3) is 52.8 Å². The molecule has 0 unspecified atom stereocenters. The summed E-state index contributed by atoms with van der Waals surface area (Å²) < 4.78 is 2.72. The van der Waals surface area contributed by atoms with Gasteiger partial charge in [-0.1, -0.05) is 78.4 Å². The summed E-state index contributed by atoms with van der Waals surface area (Å²) in [6, 6.07) is 33.4. The molecule has 0 aliphatic rings. The Balaban J connectivity index is 1.87. The van der Waals surface area contributed by atoms with E-state index in [0.717, 1.165) is 0 Å². The molecule has 0 aliphatic heterocycles. The SMILES string of the molecule is Cc1cccc(-c2c3ccccc3cc3sc4cc5ccccc5cc4c23)c1. The van der Waals surface area contributed by atoms with E-state index in [-0.39, 0.29) is 0 Å². The first-order valence-corrected chi connectivity index (χ1v) is 10.4. The van der Waals surface area contributed by atoms with Gasteiger partial charge >= 0.3 is 0 Å². The molecule has 1 aromatic heterocycles. The summed E-state index contributed by atoms with van der Waals surface area (Å²) in [5, 5.41) is 7.99. The molecule has 0 amide bonds. The standard InChI is InChI=1S/C27H18S/c1-17-7-6-11-21(13-17)26-22-12-5-4-10-20(22)16-25-27(26)23-14-18-8-2-3-9-19(18)15-24(23)28-25/h2-16H,1H3. The lowest BCUT2D eigenvalue weighted by Crippen LogP contribution is -1.85. The molecule has 28 heavy (non-hydrogen) atoms. The Hall–Kier alpha value is -3.16. The molecule has 0 N–H and O–H groups in total. The van der Waals surface area contributed by atoms with Crippen molar-refractivity contribution in [3.05, 3.63) is 96.6 Å². The monoisotopic (exact) mass is 374 g/mol. The van der Waals surface area contributed by atoms with Crippen LogP contribution in [0.4, 0.5) is 0 Å². The average molecular weight is 375 g/mol. The van der Waals surface area contributed by atoms with Crippen LogP contribution < -0.4 is 0 Å². The molecule has 1 heterocycles. The Labute approximate surface area is 167 Å². The largest absolute Gasteiger partial charge is 0.135 e. The van der Waals surface area contributed by atoms with Crippen LogP contribution in [0, 0.1) is 6.92 Å². The molecule has 0 radical (unpaired) electrons. The van der Waals surface area contributed by atoms with E-state index in [4.69, 9.17) is 0 Å². The van der Waals surface area contributed by atoms with Crippen LogP contribution in [0.3, 0.4) is 0 Å². The Kier molecular flexibility index (Phi) is 3.35. The van der Waals surface area contributed by atoms with Gasteiger partial charge < -0.3 is 0 Å². The van der Waals surface area contributed by atoms with Crippen LogP contribution >= 0.6 is 11.3 Å². The summed E-state index contributed by atoms with van der Waals surface area (Å²) >= 11 is 1.90. The second-order valence-corrected chi connectivity index (χ2v) is 8.60. The van der Waals surface area contributed by atoms with Crippen LogP contribution in [-0.4, -0.2) is 0 Å². The van der Waals surface area contributed by atoms with Crippen molar-refractivity contribution >= 4 is 53.1 Å². The van der Waals surface area contributed by atoms with Gasteiger partial charge in [-0.05, 0) is 57.8 Å². The summed E-state index contributed by atoms with van der Waals surface area (Å²) in [6.07, 6.45) is 0. The third kappa shape index (κ3) is 2.30. The van der Waals surface area contributed by atoms with Crippen molar-refractivity contribution in [2.24, 2.45) is 0 Å². The Bertz CT molecular complexity index is 1520. The maximum atomic E-state index is 2.37. The van der Waals surface area contributed by atoms with Crippen molar-refractivity contribution in [2.75, 3.05) is 0 Å². The lowest BCUT2D eigenvalue weighted by Gasteiger charge is -2.11. The molecule has 0 spiro atoms. The quantitative estimate of drug-likeness (QED) is 0.271. The molecule has 0 aliphatic carbocycles. The Morgan fingerprint density at radius 3 is 2.11 bits per heavy atom. The summed E-state index contributed by atoms with van der Waals surface area (Å²) in [4.78, 5) is 0. The molecule has 0 nitrogen and oxygen atoms in total. The van der Waals surface area contributed by atoms with E-state index in [1.807, 2.05) is 11.3 Å². The Morgan fingerprint density at radius 1 is 0.571 bits per heavy atom. The molecule has 0 saturated heterocycles. The molecule has 6 aromatic rings. The second kappa shape index (κ2) is 5.92. The molecule has 0 bridgehead atoms. The van der Waals surface area contributed by atoms with Gasteiger partial charge in [0.2, 0.25) is 0 Å². The minimum Gasteiger partial charge on any atom is -0.135 e. The van der Waals surface area contributed by atoms with Crippen molar-refractivity contribution in [3.8, 4) is 11.1 Å². The van der Waals surface area contributed by atoms with Gasteiger partial charge in [0, 0.05) is 20.2 Å². The van der Waals surface area contributed by atoms with Crippen molar-refractivity contribution in [1.29, 1.82) is 0 Å².